The first kappa shape index (κ1) is 49.3. The van der Waals surface area contributed by atoms with E-state index in [1.807, 2.05) is 0 Å². The Morgan fingerprint density at radius 3 is 1.83 bits per heavy atom. The van der Waals surface area contributed by atoms with E-state index in [1.54, 1.807) is 19.1 Å². The zero-order chi connectivity index (χ0) is 43.9. The first-order valence-electron chi connectivity index (χ1n) is 20.8. The average Bonchev–Trinajstić information content (AvgIpc) is 3.22. The minimum absolute atomic E-state index is 0.134. The van der Waals surface area contributed by atoms with Crippen LogP contribution < -0.4 is 20.7 Å². The molecule has 0 radical (unpaired) electrons. The number of aliphatic hydroxyl groups excluding tert-OH is 7. The lowest BCUT2D eigenvalue weighted by atomic mass is 9.92. The van der Waals surface area contributed by atoms with Gasteiger partial charge in [0.1, 0.15) is 72.8 Å². The lowest BCUT2D eigenvalue weighted by Gasteiger charge is -2.50. The van der Waals surface area contributed by atoms with Crippen molar-refractivity contribution >= 4 is 17.7 Å². The Labute approximate surface area is 350 Å². The maximum atomic E-state index is 13.6. The molecule has 60 heavy (non-hydrogen) atoms. The van der Waals surface area contributed by atoms with E-state index in [0.717, 1.165) is 26.2 Å². The first-order chi connectivity index (χ1) is 28.7. The van der Waals surface area contributed by atoms with Crippen LogP contribution in [0.25, 0.3) is 0 Å². The van der Waals surface area contributed by atoms with Gasteiger partial charge in [0, 0.05) is 19.4 Å². The molecule has 3 amide bonds. The third kappa shape index (κ3) is 13.3. The lowest BCUT2D eigenvalue weighted by Crippen LogP contribution is -2.70. The van der Waals surface area contributed by atoms with Crippen LogP contribution in [0.1, 0.15) is 83.0 Å². The molecule has 19 heteroatoms. The minimum atomic E-state index is -1.78. The highest BCUT2D eigenvalue weighted by atomic mass is 16.7. The van der Waals surface area contributed by atoms with Crippen LogP contribution in [0.5, 0.6) is 5.75 Å². The van der Waals surface area contributed by atoms with E-state index >= 15 is 0 Å². The highest BCUT2D eigenvalue weighted by Gasteiger charge is 2.54. The molecule has 15 atom stereocenters. The zero-order valence-electron chi connectivity index (χ0n) is 34.7. The van der Waals surface area contributed by atoms with Gasteiger partial charge in [0.2, 0.25) is 11.8 Å². The number of aliphatic hydroxyl groups is 7. The molecule has 0 aliphatic carbocycles. The fourth-order valence-electron chi connectivity index (χ4n) is 7.57. The number of hydrogen-bond acceptors (Lipinski definition) is 16. The number of amides is 3. The average molecular weight is 856 g/mol. The largest absolute Gasteiger partial charge is 0.494 e. The SMILES string of the molecule is CCCCCC/C=C\CCCOc1cccc(C(=O)N[C@@H]2C(O[C@H]3C(O)C(NC(C)=O)[C@H](OC4C(CO)O[C@@H](C)[C@@H](NC(C)=O)[C@H]4O)O[C@H]3CO)OC(CO)[C@@H](O)C2O)c1. The van der Waals surface area contributed by atoms with E-state index in [1.165, 1.54) is 44.7 Å². The van der Waals surface area contributed by atoms with Crippen LogP contribution in [0, 0.1) is 0 Å². The predicted octanol–water partition coefficient (Wildman–Crippen LogP) is -1.09. The summed E-state index contributed by atoms with van der Waals surface area (Å²) in [4.78, 5) is 38.0. The van der Waals surface area contributed by atoms with Gasteiger partial charge in [-0.05, 0) is 50.8 Å². The second-order valence-electron chi connectivity index (χ2n) is 15.5. The van der Waals surface area contributed by atoms with Crippen molar-refractivity contribution in [1.82, 2.24) is 16.0 Å². The molecule has 3 aliphatic heterocycles. The van der Waals surface area contributed by atoms with Crippen molar-refractivity contribution < 1.29 is 78.6 Å². The summed E-state index contributed by atoms with van der Waals surface area (Å²) in [5, 5.41) is 83.3. The van der Waals surface area contributed by atoms with Gasteiger partial charge in [-0.25, -0.2) is 0 Å². The number of nitrogens with one attached hydrogen (secondary N) is 3. The lowest BCUT2D eigenvalue weighted by molar-refractivity contribution is -0.346. The third-order valence-corrected chi connectivity index (χ3v) is 10.8. The van der Waals surface area contributed by atoms with Crippen LogP contribution in [0.3, 0.4) is 0 Å². The maximum Gasteiger partial charge on any atom is 0.251 e. The molecule has 0 spiro atoms. The monoisotopic (exact) mass is 855 g/mol. The Kier molecular flexibility index (Phi) is 20.0. The number of hydrogen-bond donors (Lipinski definition) is 10. The number of benzene rings is 1. The van der Waals surface area contributed by atoms with Gasteiger partial charge >= 0.3 is 0 Å². The van der Waals surface area contributed by atoms with Crippen molar-refractivity contribution in [1.29, 1.82) is 0 Å². The highest BCUT2D eigenvalue weighted by Crippen LogP contribution is 2.33. The molecule has 0 aromatic heterocycles. The van der Waals surface area contributed by atoms with Crippen molar-refractivity contribution in [2.45, 2.75) is 164 Å². The molecule has 3 aliphatic rings. The molecule has 19 nitrogen and oxygen atoms in total. The summed E-state index contributed by atoms with van der Waals surface area (Å²) in [6.07, 6.45) is -5.98. The van der Waals surface area contributed by atoms with Gasteiger partial charge in [-0.1, -0.05) is 44.4 Å². The summed E-state index contributed by atoms with van der Waals surface area (Å²) in [6.45, 7) is 4.32. The van der Waals surface area contributed by atoms with Crippen LogP contribution in [0.4, 0.5) is 0 Å². The number of allylic oxidation sites excluding steroid dienone is 2. The van der Waals surface area contributed by atoms with Gasteiger partial charge < -0.3 is 80.1 Å². The molecule has 3 saturated heterocycles. The van der Waals surface area contributed by atoms with Gasteiger partial charge in [-0.2, -0.15) is 0 Å². The predicted molar refractivity (Wildman–Crippen MR) is 212 cm³/mol. The Balaban J connectivity index is 1.49. The van der Waals surface area contributed by atoms with Crippen molar-refractivity contribution in [3.05, 3.63) is 42.0 Å². The van der Waals surface area contributed by atoms with Crippen LogP contribution >= 0.6 is 0 Å². The molecule has 1 aromatic carbocycles. The van der Waals surface area contributed by atoms with E-state index in [4.69, 9.17) is 28.4 Å². The molecule has 3 fully saturated rings. The number of ether oxygens (including phenoxy) is 6. The van der Waals surface area contributed by atoms with Gasteiger partial charge in [0.05, 0.1) is 38.6 Å². The molecular formula is C41H65N3O16. The Morgan fingerprint density at radius 2 is 1.23 bits per heavy atom. The van der Waals surface area contributed by atoms with Crippen LogP contribution in [0.15, 0.2) is 36.4 Å². The first-order valence-corrected chi connectivity index (χ1v) is 20.8. The fraction of sp³-hybridized carbons (Fsp3) is 0.732. The third-order valence-electron chi connectivity index (χ3n) is 10.8. The van der Waals surface area contributed by atoms with Crippen LogP contribution in [-0.2, 0) is 33.3 Å². The van der Waals surface area contributed by atoms with E-state index in [9.17, 15) is 50.1 Å². The topological polar surface area (TPSA) is 284 Å². The summed E-state index contributed by atoms with van der Waals surface area (Å²) < 4.78 is 35.7. The van der Waals surface area contributed by atoms with Gasteiger partial charge in [0.15, 0.2) is 12.6 Å². The Bertz CT molecular complexity index is 1520. The number of carbonyl (C=O) groups is 3. The quantitative estimate of drug-likeness (QED) is 0.0519. The van der Waals surface area contributed by atoms with Crippen molar-refractivity contribution in [2.24, 2.45) is 0 Å². The van der Waals surface area contributed by atoms with E-state index in [2.05, 4.69) is 35.0 Å². The standard InChI is InChI=1S/C41H65N3O16/c1-5-6-7-8-9-10-11-12-13-17-55-26-16-14-15-25(18-26)39(54)44-31-34(51)33(50)27(19-45)57-40(31)60-38-29(21-47)58-41(32(36(38)53)43-24(4)49)59-37-28(20-46)56-22(2)30(35(37)52)42-23(3)48/h10-11,14-16,18,22,27-38,40-41,45-47,50-53H,5-9,12-13,17,19-21H2,1-4H3,(H,42,48)(H,43,49)(H,44,54)/b11-10-/t22-,27?,28?,29-,30+,31-,32?,33+,34?,35+,36?,37?,38+,40?,41-/m0/s1. The second kappa shape index (κ2) is 24.4. The molecule has 3 heterocycles. The van der Waals surface area contributed by atoms with Crippen molar-refractivity contribution in [3.63, 3.8) is 0 Å². The highest BCUT2D eigenvalue weighted by molar-refractivity contribution is 5.94. The summed E-state index contributed by atoms with van der Waals surface area (Å²) >= 11 is 0. The van der Waals surface area contributed by atoms with Crippen molar-refractivity contribution in [3.8, 4) is 5.75 Å². The molecule has 1 aromatic rings. The van der Waals surface area contributed by atoms with Gasteiger partial charge in [-0.3, -0.25) is 14.4 Å². The molecular weight excluding hydrogens is 790 g/mol. The van der Waals surface area contributed by atoms with E-state index in [-0.39, 0.29) is 5.56 Å². The number of rotatable bonds is 21. The maximum absolute atomic E-state index is 13.6. The molecule has 7 unspecified atom stereocenters. The van der Waals surface area contributed by atoms with Crippen molar-refractivity contribution in [2.75, 3.05) is 26.4 Å². The van der Waals surface area contributed by atoms with E-state index in [0.29, 0.717) is 12.4 Å². The molecule has 4 rings (SSSR count). The summed E-state index contributed by atoms with van der Waals surface area (Å²) in [7, 11) is 0. The zero-order valence-corrected chi connectivity index (χ0v) is 34.7. The van der Waals surface area contributed by atoms with Gasteiger partial charge in [-0.15, -0.1) is 0 Å². The molecule has 10 N–H and O–H groups in total. The summed E-state index contributed by atoms with van der Waals surface area (Å²) in [5.74, 6) is -1.43. The summed E-state index contributed by atoms with van der Waals surface area (Å²) in [6, 6.07) is 2.33. The molecule has 0 bridgehead atoms. The summed E-state index contributed by atoms with van der Waals surface area (Å²) in [5.41, 5.74) is 0.134. The van der Waals surface area contributed by atoms with E-state index < -0.39 is 129 Å². The smallest absolute Gasteiger partial charge is 0.251 e. The second-order valence-corrected chi connectivity index (χ2v) is 15.5. The Hall–Kier alpha value is -3.31. The minimum Gasteiger partial charge on any atom is -0.494 e. The van der Waals surface area contributed by atoms with Gasteiger partial charge in [0.25, 0.3) is 5.91 Å². The fourth-order valence-corrected chi connectivity index (χ4v) is 7.57. The van der Waals surface area contributed by atoms with Crippen LogP contribution in [0.2, 0.25) is 0 Å². The van der Waals surface area contributed by atoms with Crippen LogP contribution in [-0.4, -0.2) is 172 Å². The normalized spacial score (nSPS) is 34.5. The number of unbranched alkanes of at least 4 members (excludes halogenated alkanes) is 5. The number of carbonyl (C=O) groups excluding carboxylic acids is 3. The molecule has 0 saturated carbocycles. The Morgan fingerprint density at radius 1 is 0.683 bits per heavy atom. The molecule has 340 valence electrons.